The second-order valence-electron chi connectivity index (χ2n) is 8.35. The standard InChI is InChI=1S/C17H34O3Si2/c1-17(2,3)22(8,9)20-15(13-14-21(5,6)7)11-10-12-16(18)19-4/h15H,10-12H2,1-9H3/t15-/m1/s1. The van der Waals surface area contributed by atoms with Crippen LogP contribution >= 0.6 is 0 Å². The molecule has 0 aliphatic carbocycles. The fourth-order valence-corrected chi connectivity index (χ4v) is 3.36. The van der Waals surface area contributed by atoms with Gasteiger partial charge in [-0.3, -0.25) is 4.79 Å². The zero-order valence-electron chi connectivity index (χ0n) is 15.9. The minimum Gasteiger partial charge on any atom is -0.469 e. The van der Waals surface area contributed by atoms with Crippen molar-refractivity contribution in [2.24, 2.45) is 0 Å². The minimum atomic E-state index is -1.85. The predicted octanol–water partition coefficient (Wildman–Crippen LogP) is 4.60. The molecule has 0 aromatic heterocycles. The van der Waals surface area contributed by atoms with Gasteiger partial charge in [0.2, 0.25) is 0 Å². The molecule has 0 radical (unpaired) electrons. The van der Waals surface area contributed by atoms with E-state index < -0.39 is 16.4 Å². The summed E-state index contributed by atoms with van der Waals surface area (Å²) in [6.07, 6.45) is 1.91. The molecule has 0 N–H and O–H groups in total. The van der Waals surface area contributed by atoms with Crippen LogP contribution in [0.2, 0.25) is 37.8 Å². The third-order valence-corrected chi connectivity index (χ3v) is 9.31. The molecule has 0 bridgehead atoms. The van der Waals surface area contributed by atoms with E-state index in [9.17, 15) is 4.79 Å². The molecule has 0 fully saturated rings. The highest BCUT2D eigenvalue weighted by atomic mass is 28.4. The van der Waals surface area contributed by atoms with Gasteiger partial charge in [-0.15, -0.1) is 5.54 Å². The Hall–Kier alpha value is -0.576. The van der Waals surface area contributed by atoms with Gasteiger partial charge in [-0.2, -0.15) is 0 Å². The molecule has 0 spiro atoms. The molecule has 0 rings (SSSR count). The number of hydrogen-bond acceptors (Lipinski definition) is 3. The minimum absolute atomic E-state index is 0.0720. The van der Waals surface area contributed by atoms with Gasteiger partial charge in [0.05, 0.1) is 7.11 Å². The van der Waals surface area contributed by atoms with Crippen LogP contribution in [0.5, 0.6) is 0 Å². The van der Waals surface area contributed by atoms with Crippen LogP contribution in [0, 0.1) is 11.5 Å². The summed E-state index contributed by atoms with van der Waals surface area (Å²) in [6.45, 7) is 17.9. The molecule has 0 aromatic rings. The molecule has 22 heavy (non-hydrogen) atoms. The van der Waals surface area contributed by atoms with Gasteiger partial charge in [0.15, 0.2) is 8.32 Å². The largest absolute Gasteiger partial charge is 0.469 e. The summed E-state index contributed by atoms with van der Waals surface area (Å²) in [4.78, 5) is 11.3. The van der Waals surface area contributed by atoms with Crippen molar-refractivity contribution < 1.29 is 14.0 Å². The Balaban J connectivity index is 4.94. The predicted molar refractivity (Wildman–Crippen MR) is 99.1 cm³/mol. The van der Waals surface area contributed by atoms with Gasteiger partial charge in [-0.05, 0) is 31.0 Å². The van der Waals surface area contributed by atoms with E-state index in [4.69, 9.17) is 9.16 Å². The fraction of sp³-hybridized carbons (Fsp3) is 0.824. The Morgan fingerprint density at radius 2 is 1.68 bits per heavy atom. The molecule has 128 valence electrons. The molecule has 1 atom stereocenters. The molecule has 0 heterocycles. The van der Waals surface area contributed by atoms with Crippen LogP contribution in [0.3, 0.4) is 0 Å². The van der Waals surface area contributed by atoms with Crippen LogP contribution in [0.15, 0.2) is 0 Å². The summed E-state index contributed by atoms with van der Waals surface area (Å²) in [5.74, 6) is 3.19. The molecule has 0 aliphatic rings. The molecule has 0 saturated heterocycles. The van der Waals surface area contributed by atoms with Crippen LogP contribution in [0.25, 0.3) is 0 Å². The first kappa shape index (κ1) is 21.4. The second-order valence-corrected chi connectivity index (χ2v) is 17.9. The average molecular weight is 343 g/mol. The lowest BCUT2D eigenvalue weighted by Crippen LogP contribution is -2.43. The first-order valence-electron chi connectivity index (χ1n) is 8.06. The van der Waals surface area contributed by atoms with E-state index >= 15 is 0 Å². The van der Waals surface area contributed by atoms with Gasteiger partial charge in [-0.1, -0.05) is 46.3 Å². The molecular weight excluding hydrogens is 308 g/mol. The molecule has 0 aliphatic heterocycles. The molecule has 5 heteroatoms. The Morgan fingerprint density at radius 1 is 1.14 bits per heavy atom. The van der Waals surface area contributed by atoms with Gasteiger partial charge in [0.25, 0.3) is 0 Å². The SMILES string of the molecule is COC(=O)CCC[C@H](C#C[Si](C)(C)C)O[Si](C)(C)C(C)(C)C. The quantitative estimate of drug-likeness (QED) is 0.402. The third kappa shape index (κ3) is 8.77. The number of carbonyl (C=O) groups is 1. The van der Waals surface area contributed by atoms with Crippen molar-refractivity contribution in [2.45, 2.75) is 83.9 Å². The highest BCUT2D eigenvalue weighted by molar-refractivity contribution is 6.83. The van der Waals surface area contributed by atoms with E-state index in [1.807, 2.05) is 0 Å². The molecule has 0 saturated carbocycles. The first-order chi connectivity index (χ1) is 9.78. The van der Waals surface area contributed by atoms with Crippen molar-refractivity contribution in [1.82, 2.24) is 0 Å². The highest BCUT2D eigenvalue weighted by Crippen LogP contribution is 2.37. The maximum absolute atomic E-state index is 11.3. The Labute approximate surface area is 139 Å². The van der Waals surface area contributed by atoms with Gasteiger partial charge >= 0.3 is 5.97 Å². The van der Waals surface area contributed by atoms with E-state index in [-0.39, 0.29) is 17.1 Å². The Kier molecular flexibility index (Phi) is 8.11. The summed E-state index contributed by atoms with van der Waals surface area (Å²) in [6, 6.07) is 0. The van der Waals surface area contributed by atoms with E-state index in [1.54, 1.807) is 0 Å². The van der Waals surface area contributed by atoms with Crippen LogP contribution in [0.4, 0.5) is 0 Å². The van der Waals surface area contributed by atoms with Crippen LogP contribution in [-0.2, 0) is 14.0 Å². The molecular formula is C17H34O3Si2. The van der Waals surface area contributed by atoms with Crippen molar-refractivity contribution in [3.05, 3.63) is 0 Å². The summed E-state index contributed by atoms with van der Waals surface area (Å²) in [7, 11) is -1.85. The zero-order chi connectivity index (χ0) is 17.6. The lowest BCUT2D eigenvalue weighted by atomic mass is 10.1. The average Bonchev–Trinajstić information content (AvgIpc) is 2.32. The lowest BCUT2D eigenvalue weighted by Gasteiger charge is -2.38. The second kappa shape index (κ2) is 8.32. The van der Waals surface area contributed by atoms with Gasteiger partial charge < -0.3 is 9.16 Å². The first-order valence-corrected chi connectivity index (χ1v) is 14.5. The van der Waals surface area contributed by atoms with Crippen molar-refractivity contribution in [3.63, 3.8) is 0 Å². The topological polar surface area (TPSA) is 35.5 Å². The smallest absolute Gasteiger partial charge is 0.305 e. The Morgan fingerprint density at radius 3 is 2.09 bits per heavy atom. The Bertz CT molecular complexity index is 420. The van der Waals surface area contributed by atoms with Crippen molar-refractivity contribution >= 4 is 22.4 Å². The zero-order valence-corrected chi connectivity index (χ0v) is 17.9. The van der Waals surface area contributed by atoms with E-state index in [0.717, 1.165) is 12.8 Å². The van der Waals surface area contributed by atoms with Gasteiger partial charge in [-0.25, -0.2) is 0 Å². The number of hydrogen-bond donors (Lipinski definition) is 0. The normalized spacial score (nSPS) is 14.0. The highest BCUT2D eigenvalue weighted by Gasteiger charge is 2.38. The van der Waals surface area contributed by atoms with E-state index in [0.29, 0.717) is 6.42 Å². The van der Waals surface area contributed by atoms with Crippen LogP contribution in [0.1, 0.15) is 40.0 Å². The molecule has 0 unspecified atom stereocenters. The van der Waals surface area contributed by atoms with Gasteiger partial charge in [0.1, 0.15) is 14.2 Å². The number of carbonyl (C=O) groups excluding carboxylic acids is 1. The third-order valence-electron chi connectivity index (χ3n) is 3.93. The summed E-state index contributed by atoms with van der Waals surface area (Å²) in [5, 5.41) is 0.161. The summed E-state index contributed by atoms with van der Waals surface area (Å²) >= 11 is 0. The maximum atomic E-state index is 11.3. The van der Waals surface area contributed by atoms with Crippen molar-refractivity contribution in [3.8, 4) is 11.5 Å². The number of methoxy groups -OCH3 is 1. The number of rotatable bonds is 6. The van der Waals surface area contributed by atoms with Crippen molar-refractivity contribution in [1.29, 1.82) is 0 Å². The number of ether oxygens (including phenoxy) is 1. The van der Waals surface area contributed by atoms with Crippen molar-refractivity contribution in [2.75, 3.05) is 7.11 Å². The van der Waals surface area contributed by atoms with Gasteiger partial charge in [0, 0.05) is 6.42 Å². The van der Waals surface area contributed by atoms with E-state index in [1.165, 1.54) is 7.11 Å². The fourth-order valence-electron chi connectivity index (χ4n) is 1.52. The monoisotopic (exact) mass is 342 g/mol. The molecule has 0 amide bonds. The summed E-state index contributed by atoms with van der Waals surface area (Å²) in [5.41, 5.74) is 3.42. The van der Waals surface area contributed by atoms with Crippen LogP contribution in [-0.4, -0.2) is 35.6 Å². The maximum Gasteiger partial charge on any atom is 0.305 e. The molecule has 0 aromatic carbocycles. The lowest BCUT2D eigenvalue weighted by molar-refractivity contribution is -0.140. The molecule has 3 nitrogen and oxygen atoms in total. The van der Waals surface area contributed by atoms with E-state index in [2.05, 4.69) is 65.0 Å². The summed E-state index contributed by atoms with van der Waals surface area (Å²) < 4.78 is 11.1. The number of esters is 1. The van der Waals surface area contributed by atoms with Crippen LogP contribution < -0.4 is 0 Å².